The largest absolute Gasteiger partial charge is 0.480 e. The van der Waals surface area contributed by atoms with Crippen LogP contribution in [0.4, 0.5) is 8.78 Å². The lowest BCUT2D eigenvalue weighted by Gasteiger charge is -2.13. The number of nitrogens with zero attached hydrogens (tertiary/aromatic N) is 2. The summed E-state index contributed by atoms with van der Waals surface area (Å²) in [5, 5.41) is 7.13. The third-order valence-electron chi connectivity index (χ3n) is 1.55. The van der Waals surface area contributed by atoms with Gasteiger partial charge in [-0.3, -0.25) is 0 Å². The lowest BCUT2D eigenvalue weighted by atomic mass is 10.1. The van der Waals surface area contributed by atoms with Crippen molar-refractivity contribution in [3.05, 3.63) is 17.3 Å². The minimum absolute atomic E-state index is 0.127. The van der Waals surface area contributed by atoms with Gasteiger partial charge in [-0.15, -0.1) is 5.10 Å². The summed E-state index contributed by atoms with van der Waals surface area (Å²) in [6, 6.07) is 1.27. The molecule has 0 radical (unpaired) electrons. The molecular weight excluding hydrogens is 178 g/mol. The molecule has 1 rings (SSSR count). The van der Waals surface area contributed by atoms with Gasteiger partial charge in [0.05, 0.1) is 18.4 Å². The molecule has 72 valence electrons. The summed E-state index contributed by atoms with van der Waals surface area (Å²) in [4.78, 5) is 0. The van der Waals surface area contributed by atoms with E-state index in [0.29, 0.717) is 5.69 Å². The number of ether oxygens (including phenoxy) is 1. The highest BCUT2D eigenvalue weighted by molar-refractivity contribution is 5.29. The minimum atomic E-state index is -2.95. The summed E-state index contributed by atoms with van der Waals surface area (Å²) in [5.74, 6) is -3.08. The molecule has 0 aliphatic carbocycles. The van der Waals surface area contributed by atoms with Crippen LogP contribution in [0.3, 0.4) is 0 Å². The molecule has 0 atom stereocenters. The molecule has 1 aromatic heterocycles. The summed E-state index contributed by atoms with van der Waals surface area (Å²) >= 11 is 0. The Morgan fingerprint density at radius 1 is 1.38 bits per heavy atom. The maximum absolute atomic E-state index is 12.9. The predicted octanol–water partition coefficient (Wildman–Crippen LogP) is 1.91. The zero-order valence-corrected chi connectivity index (χ0v) is 7.64. The zero-order chi connectivity index (χ0) is 10.1. The summed E-state index contributed by atoms with van der Waals surface area (Å²) in [6.07, 6.45) is 0. The van der Waals surface area contributed by atoms with E-state index in [9.17, 15) is 8.78 Å². The van der Waals surface area contributed by atoms with E-state index in [1.807, 2.05) is 0 Å². The van der Waals surface area contributed by atoms with Crippen molar-refractivity contribution in [2.24, 2.45) is 0 Å². The van der Waals surface area contributed by atoms with Gasteiger partial charge in [0.25, 0.3) is 5.92 Å². The number of hydrogen-bond acceptors (Lipinski definition) is 3. The van der Waals surface area contributed by atoms with Crippen LogP contribution in [0.25, 0.3) is 0 Å². The van der Waals surface area contributed by atoms with Crippen molar-refractivity contribution >= 4 is 0 Å². The van der Waals surface area contributed by atoms with Gasteiger partial charge in [0, 0.05) is 6.92 Å². The topological polar surface area (TPSA) is 35.0 Å². The highest BCUT2D eigenvalue weighted by Crippen LogP contribution is 2.32. The number of aryl methyl sites for hydroxylation is 1. The second kappa shape index (κ2) is 3.24. The smallest absolute Gasteiger partial charge is 0.275 e. The van der Waals surface area contributed by atoms with Gasteiger partial charge in [-0.1, -0.05) is 0 Å². The normalized spacial score (nSPS) is 11.5. The molecule has 0 fully saturated rings. The van der Waals surface area contributed by atoms with Crippen LogP contribution in [0, 0.1) is 6.92 Å². The number of alkyl halides is 2. The average molecular weight is 188 g/mol. The first-order chi connectivity index (χ1) is 5.95. The van der Waals surface area contributed by atoms with Gasteiger partial charge in [-0.05, 0) is 13.0 Å². The fourth-order valence-electron chi connectivity index (χ4n) is 0.943. The van der Waals surface area contributed by atoms with E-state index in [1.165, 1.54) is 13.2 Å². The van der Waals surface area contributed by atoms with Gasteiger partial charge >= 0.3 is 0 Å². The maximum Gasteiger partial charge on any atom is 0.275 e. The average Bonchev–Trinajstić information content (AvgIpc) is 2.03. The van der Waals surface area contributed by atoms with Crippen molar-refractivity contribution in [1.82, 2.24) is 10.2 Å². The molecule has 0 aliphatic heterocycles. The van der Waals surface area contributed by atoms with Crippen molar-refractivity contribution in [2.75, 3.05) is 7.11 Å². The van der Waals surface area contributed by atoms with E-state index in [0.717, 1.165) is 6.92 Å². The molecule has 0 aromatic carbocycles. The number of rotatable bonds is 2. The van der Waals surface area contributed by atoms with Gasteiger partial charge in [-0.25, -0.2) is 8.78 Å². The van der Waals surface area contributed by atoms with Crippen LogP contribution in [0.15, 0.2) is 6.07 Å². The fourth-order valence-corrected chi connectivity index (χ4v) is 0.943. The maximum atomic E-state index is 12.9. The second-order valence-electron chi connectivity index (χ2n) is 2.80. The first kappa shape index (κ1) is 9.83. The summed E-state index contributed by atoms with van der Waals surface area (Å²) in [5.41, 5.74) is 0.208. The molecule has 0 unspecified atom stereocenters. The lowest BCUT2D eigenvalue weighted by Crippen LogP contribution is -2.11. The number of halogens is 2. The fraction of sp³-hybridized carbons (Fsp3) is 0.500. The first-order valence-corrected chi connectivity index (χ1v) is 3.71. The van der Waals surface area contributed by atoms with E-state index < -0.39 is 5.92 Å². The van der Waals surface area contributed by atoms with E-state index in [-0.39, 0.29) is 11.4 Å². The number of aromatic nitrogens is 2. The minimum Gasteiger partial charge on any atom is -0.480 e. The Hall–Kier alpha value is -1.26. The van der Waals surface area contributed by atoms with Crippen molar-refractivity contribution in [2.45, 2.75) is 19.8 Å². The predicted molar refractivity (Wildman–Crippen MR) is 42.9 cm³/mol. The summed E-state index contributed by atoms with van der Waals surface area (Å²) < 4.78 is 30.5. The Morgan fingerprint density at radius 3 is 2.46 bits per heavy atom. The van der Waals surface area contributed by atoms with Crippen molar-refractivity contribution in [1.29, 1.82) is 0 Å². The highest BCUT2D eigenvalue weighted by atomic mass is 19.3. The molecule has 1 aromatic rings. The third kappa shape index (κ3) is 2.11. The zero-order valence-electron chi connectivity index (χ0n) is 7.64. The van der Waals surface area contributed by atoms with Gasteiger partial charge in [-0.2, -0.15) is 5.10 Å². The Bertz CT molecular complexity index is 310. The van der Waals surface area contributed by atoms with Crippen LogP contribution >= 0.6 is 0 Å². The Balaban J connectivity index is 3.24. The van der Waals surface area contributed by atoms with Gasteiger partial charge in [0.1, 0.15) is 0 Å². The molecule has 0 bridgehead atoms. The Morgan fingerprint density at radius 2 is 2.00 bits per heavy atom. The Labute approximate surface area is 74.7 Å². The van der Waals surface area contributed by atoms with Crippen LogP contribution in [0.1, 0.15) is 18.2 Å². The molecule has 13 heavy (non-hydrogen) atoms. The summed E-state index contributed by atoms with van der Waals surface area (Å²) in [6.45, 7) is 2.40. The van der Waals surface area contributed by atoms with Crippen molar-refractivity contribution in [3.63, 3.8) is 0 Å². The third-order valence-corrected chi connectivity index (χ3v) is 1.55. The molecule has 0 N–H and O–H groups in total. The quantitative estimate of drug-likeness (QED) is 0.711. The second-order valence-corrected chi connectivity index (χ2v) is 2.80. The molecule has 0 saturated heterocycles. The standard InChI is InChI=1S/C8H10F2N2O/c1-5-4-6(8(2,9)10)7(13-3)12-11-5/h4H,1-3H3. The highest BCUT2D eigenvalue weighted by Gasteiger charge is 2.29. The molecule has 0 saturated carbocycles. The Kier molecular flexibility index (Phi) is 2.45. The van der Waals surface area contributed by atoms with E-state index in [4.69, 9.17) is 0 Å². The van der Waals surface area contributed by atoms with Crippen LogP contribution in [0.5, 0.6) is 5.88 Å². The summed E-state index contributed by atoms with van der Waals surface area (Å²) in [7, 11) is 1.29. The van der Waals surface area contributed by atoms with Crippen LogP contribution in [-0.2, 0) is 5.92 Å². The van der Waals surface area contributed by atoms with Gasteiger partial charge in [0.2, 0.25) is 5.88 Å². The van der Waals surface area contributed by atoms with Crippen molar-refractivity contribution in [3.8, 4) is 5.88 Å². The molecule has 3 nitrogen and oxygen atoms in total. The monoisotopic (exact) mass is 188 g/mol. The van der Waals surface area contributed by atoms with Gasteiger partial charge in [0.15, 0.2) is 0 Å². The van der Waals surface area contributed by atoms with Gasteiger partial charge < -0.3 is 4.74 Å². The SMILES string of the molecule is COc1nnc(C)cc1C(C)(F)F. The molecule has 0 spiro atoms. The van der Waals surface area contributed by atoms with E-state index in [1.54, 1.807) is 6.92 Å². The molecule has 5 heteroatoms. The molecule has 0 aliphatic rings. The van der Waals surface area contributed by atoms with E-state index in [2.05, 4.69) is 14.9 Å². The molecular formula is C8H10F2N2O. The number of methoxy groups -OCH3 is 1. The lowest BCUT2D eigenvalue weighted by molar-refractivity contribution is 0.0141. The first-order valence-electron chi connectivity index (χ1n) is 3.71. The van der Waals surface area contributed by atoms with E-state index >= 15 is 0 Å². The van der Waals surface area contributed by atoms with Crippen LogP contribution in [-0.4, -0.2) is 17.3 Å². The van der Waals surface area contributed by atoms with Crippen LogP contribution in [0.2, 0.25) is 0 Å². The number of hydrogen-bond donors (Lipinski definition) is 0. The van der Waals surface area contributed by atoms with Crippen LogP contribution < -0.4 is 4.74 Å². The van der Waals surface area contributed by atoms with Crippen molar-refractivity contribution < 1.29 is 13.5 Å². The molecule has 0 amide bonds. The molecule has 1 heterocycles.